The average molecular weight is 509 g/mol. The topological polar surface area (TPSA) is 105 Å². The third-order valence-corrected chi connectivity index (χ3v) is 7.54. The number of H-pyrrole nitrogens is 1. The minimum absolute atomic E-state index is 0.0197. The summed E-state index contributed by atoms with van der Waals surface area (Å²) < 4.78 is 7.65. The van der Waals surface area contributed by atoms with Gasteiger partial charge in [0.15, 0.2) is 11.5 Å². The zero-order chi connectivity index (χ0) is 25.5. The number of pyridine rings is 1. The molecule has 2 aliphatic heterocycles. The van der Waals surface area contributed by atoms with Crippen LogP contribution in [-0.2, 0) is 4.74 Å². The van der Waals surface area contributed by atoms with Gasteiger partial charge in [-0.15, -0.1) is 0 Å². The second kappa shape index (κ2) is 9.53. The van der Waals surface area contributed by atoms with Crippen LogP contribution in [0.25, 0.3) is 33.3 Å². The fraction of sp³-hybridized carbons (Fsp3) is 0.321. The molecule has 192 valence electrons. The molecule has 1 aromatic carbocycles. The number of ether oxygens (including phenoxy) is 1. The number of hydrogen-bond donors (Lipinski definition) is 1. The highest BCUT2D eigenvalue weighted by atomic mass is 16.5. The van der Waals surface area contributed by atoms with Gasteiger partial charge in [-0.2, -0.15) is 5.10 Å². The standard InChI is InChI=1S/C28H28N8O2/c37-28(24-3-1-2-9-29-24)35-11-7-21(8-12-35)36-27-22(18-31-36)26(34-13-15-38-16-14-34)32-25(33-27)20-4-5-23-19(17-20)6-10-30-23/h1-6,9-10,17-18,21,30H,7-8,11-16H2. The lowest BCUT2D eigenvalue weighted by Gasteiger charge is -2.32. The number of piperidine rings is 1. The van der Waals surface area contributed by atoms with Crippen LogP contribution in [0.3, 0.4) is 0 Å². The van der Waals surface area contributed by atoms with Crippen molar-refractivity contribution in [2.45, 2.75) is 18.9 Å². The van der Waals surface area contributed by atoms with Gasteiger partial charge in [-0.25, -0.2) is 14.6 Å². The highest BCUT2D eigenvalue weighted by Gasteiger charge is 2.28. The number of morpholine rings is 1. The first-order chi connectivity index (χ1) is 18.7. The number of nitrogens with one attached hydrogen (secondary N) is 1. The third kappa shape index (κ3) is 4.06. The van der Waals surface area contributed by atoms with Crippen molar-refractivity contribution in [3.8, 4) is 11.4 Å². The molecule has 1 N–H and O–H groups in total. The van der Waals surface area contributed by atoms with Gasteiger partial charge in [0.25, 0.3) is 5.91 Å². The monoisotopic (exact) mass is 508 g/mol. The summed E-state index contributed by atoms with van der Waals surface area (Å²) in [6.45, 7) is 4.21. The van der Waals surface area contributed by atoms with Gasteiger partial charge in [-0.3, -0.25) is 9.78 Å². The number of nitrogens with zero attached hydrogens (tertiary/aromatic N) is 7. The summed E-state index contributed by atoms with van der Waals surface area (Å²) in [6, 6.07) is 13.9. The number of likely N-dealkylation sites (tertiary alicyclic amines) is 1. The van der Waals surface area contributed by atoms with E-state index in [9.17, 15) is 4.79 Å². The Kier molecular flexibility index (Phi) is 5.73. The summed E-state index contributed by atoms with van der Waals surface area (Å²) >= 11 is 0. The summed E-state index contributed by atoms with van der Waals surface area (Å²) in [5.74, 6) is 1.57. The van der Waals surface area contributed by atoms with Crippen LogP contribution in [-0.4, -0.2) is 79.9 Å². The largest absolute Gasteiger partial charge is 0.378 e. The van der Waals surface area contributed by atoms with E-state index in [1.54, 1.807) is 12.3 Å². The molecular weight excluding hydrogens is 480 g/mol. The molecule has 7 rings (SSSR count). The first kappa shape index (κ1) is 22.9. The molecule has 38 heavy (non-hydrogen) atoms. The molecular formula is C28H28N8O2. The van der Waals surface area contributed by atoms with Crippen molar-refractivity contribution in [1.82, 2.24) is 34.6 Å². The fourth-order valence-electron chi connectivity index (χ4n) is 5.48. The number of carbonyl (C=O) groups is 1. The lowest BCUT2D eigenvalue weighted by atomic mass is 10.0. The van der Waals surface area contributed by atoms with Gasteiger partial charge in [0, 0.05) is 55.0 Å². The maximum Gasteiger partial charge on any atom is 0.272 e. The Morgan fingerprint density at radius 1 is 1.00 bits per heavy atom. The molecule has 0 bridgehead atoms. The summed E-state index contributed by atoms with van der Waals surface area (Å²) in [4.78, 5) is 34.6. The van der Waals surface area contributed by atoms with E-state index in [0.717, 1.165) is 59.2 Å². The van der Waals surface area contributed by atoms with E-state index < -0.39 is 0 Å². The molecule has 0 spiro atoms. The van der Waals surface area contributed by atoms with Gasteiger partial charge >= 0.3 is 0 Å². The van der Waals surface area contributed by atoms with Crippen molar-refractivity contribution < 1.29 is 9.53 Å². The van der Waals surface area contributed by atoms with Crippen LogP contribution in [0, 0.1) is 0 Å². The summed E-state index contributed by atoms with van der Waals surface area (Å²) in [7, 11) is 0. The Hall–Kier alpha value is -4.31. The molecule has 0 unspecified atom stereocenters. The molecule has 2 saturated heterocycles. The molecule has 10 nitrogen and oxygen atoms in total. The number of benzene rings is 1. The second-order valence-electron chi connectivity index (χ2n) is 9.81. The number of aromatic amines is 1. The minimum Gasteiger partial charge on any atom is -0.378 e. The van der Waals surface area contributed by atoms with Crippen molar-refractivity contribution in [3.05, 3.63) is 66.7 Å². The second-order valence-corrected chi connectivity index (χ2v) is 9.81. The van der Waals surface area contributed by atoms with E-state index in [4.69, 9.17) is 19.8 Å². The zero-order valence-corrected chi connectivity index (χ0v) is 21.0. The summed E-state index contributed by atoms with van der Waals surface area (Å²) in [6.07, 6.45) is 7.10. The first-order valence-electron chi connectivity index (χ1n) is 13.1. The maximum atomic E-state index is 12.9. The van der Waals surface area contributed by atoms with E-state index in [-0.39, 0.29) is 11.9 Å². The van der Waals surface area contributed by atoms with Gasteiger partial charge in [-0.1, -0.05) is 6.07 Å². The van der Waals surface area contributed by atoms with Crippen LogP contribution in [0.5, 0.6) is 0 Å². The molecule has 1 amide bonds. The number of fused-ring (bicyclic) bond motifs is 2. The number of hydrogen-bond acceptors (Lipinski definition) is 7. The SMILES string of the molecule is O=C(c1ccccn1)N1CCC(n2ncc3c(N4CCOCC4)nc(-c4ccc5[nH]ccc5c4)nc32)CC1. The molecule has 4 aromatic heterocycles. The zero-order valence-electron chi connectivity index (χ0n) is 21.0. The molecule has 0 radical (unpaired) electrons. The minimum atomic E-state index is -0.0197. The average Bonchev–Trinajstić information content (AvgIpc) is 3.64. The molecule has 5 aromatic rings. The van der Waals surface area contributed by atoms with E-state index in [2.05, 4.69) is 39.1 Å². The number of amides is 1. The molecule has 0 atom stereocenters. The normalized spacial score (nSPS) is 16.9. The lowest BCUT2D eigenvalue weighted by Crippen LogP contribution is -2.39. The molecule has 10 heteroatoms. The number of anilines is 1. The highest BCUT2D eigenvalue weighted by Crippen LogP contribution is 2.33. The molecule has 6 heterocycles. The van der Waals surface area contributed by atoms with Gasteiger partial charge in [-0.05, 0) is 49.2 Å². The lowest BCUT2D eigenvalue weighted by molar-refractivity contribution is 0.0685. The Labute approximate surface area is 219 Å². The quantitative estimate of drug-likeness (QED) is 0.395. The van der Waals surface area contributed by atoms with Crippen LogP contribution < -0.4 is 4.90 Å². The van der Waals surface area contributed by atoms with Crippen LogP contribution >= 0.6 is 0 Å². The van der Waals surface area contributed by atoms with Crippen molar-refractivity contribution in [3.63, 3.8) is 0 Å². The maximum absolute atomic E-state index is 12.9. The predicted molar refractivity (Wildman–Crippen MR) is 144 cm³/mol. The van der Waals surface area contributed by atoms with E-state index in [1.165, 1.54) is 0 Å². The van der Waals surface area contributed by atoms with Crippen LogP contribution in [0.2, 0.25) is 0 Å². The molecule has 2 aliphatic rings. The van der Waals surface area contributed by atoms with E-state index >= 15 is 0 Å². The predicted octanol–water partition coefficient (Wildman–Crippen LogP) is 3.68. The van der Waals surface area contributed by atoms with Gasteiger partial charge in [0.05, 0.1) is 30.8 Å². The van der Waals surface area contributed by atoms with Crippen LogP contribution in [0.4, 0.5) is 5.82 Å². The Bertz CT molecular complexity index is 1600. The third-order valence-electron chi connectivity index (χ3n) is 7.54. The van der Waals surface area contributed by atoms with Gasteiger partial charge in [0.1, 0.15) is 11.5 Å². The number of aromatic nitrogens is 6. The van der Waals surface area contributed by atoms with Gasteiger partial charge in [0.2, 0.25) is 0 Å². The van der Waals surface area contributed by atoms with Crippen molar-refractivity contribution in [2.75, 3.05) is 44.3 Å². The Balaban J connectivity index is 1.23. The van der Waals surface area contributed by atoms with Crippen molar-refractivity contribution in [1.29, 1.82) is 0 Å². The number of rotatable bonds is 4. The van der Waals surface area contributed by atoms with E-state index in [1.807, 2.05) is 34.1 Å². The summed E-state index contributed by atoms with van der Waals surface area (Å²) in [5, 5.41) is 6.89. The smallest absolute Gasteiger partial charge is 0.272 e. The molecule has 2 fully saturated rings. The first-order valence-corrected chi connectivity index (χ1v) is 13.1. The Morgan fingerprint density at radius 3 is 2.68 bits per heavy atom. The van der Waals surface area contributed by atoms with Crippen molar-refractivity contribution >= 4 is 33.7 Å². The fourth-order valence-corrected chi connectivity index (χ4v) is 5.48. The Morgan fingerprint density at radius 2 is 1.87 bits per heavy atom. The van der Waals surface area contributed by atoms with Crippen LogP contribution in [0.1, 0.15) is 29.4 Å². The van der Waals surface area contributed by atoms with Crippen LogP contribution in [0.15, 0.2) is 61.1 Å². The molecule has 0 aliphatic carbocycles. The summed E-state index contributed by atoms with van der Waals surface area (Å²) in [5.41, 5.74) is 3.37. The number of carbonyl (C=O) groups excluding carboxylic acids is 1. The highest BCUT2D eigenvalue weighted by molar-refractivity contribution is 5.92. The molecule has 0 saturated carbocycles. The van der Waals surface area contributed by atoms with Gasteiger partial charge < -0.3 is 19.5 Å². The van der Waals surface area contributed by atoms with E-state index in [0.29, 0.717) is 37.8 Å². The van der Waals surface area contributed by atoms with Crippen molar-refractivity contribution in [2.24, 2.45) is 0 Å².